The Kier molecular flexibility index (Phi) is 11.7. The Bertz CT molecular complexity index is 1470. The fraction of sp³-hybridized carbons (Fsp3) is 0.500. The second kappa shape index (κ2) is 15.9. The van der Waals surface area contributed by atoms with Crippen LogP contribution < -0.4 is 15.4 Å². The number of hydrogen-bond acceptors (Lipinski definition) is 8. The lowest BCUT2D eigenvalue weighted by molar-refractivity contribution is -0.140. The van der Waals surface area contributed by atoms with E-state index in [2.05, 4.69) is 15.7 Å². The molecule has 16 nitrogen and oxygen atoms in total. The van der Waals surface area contributed by atoms with E-state index in [1.54, 1.807) is 37.3 Å². The number of nitrogens with one attached hydrogen (secondary N) is 2. The highest BCUT2D eigenvalue weighted by Gasteiger charge is 2.36. The zero-order valence-electron chi connectivity index (χ0n) is 25.8. The van der Waals surface area contributed by atoms with Gasteiger partial charge in [-0.1, -0.05) is 18.2 Å². The van der Waals surface area contributed by atoms with Crippen LogP contribution in [0.25, 0.3) is 5.69 Å². The molecule has 4 N–H and O–H groups in total. The zero-order chi connectivity index (χ0) is 34.1. The van der Waals surface area contributed by atoms with Crippen molar-refractivity contribution in [3.8, 4) is 11.6 Å². The van der Waals surface area contributed by atoms with Crippen LogP contribution in [0, 0.1) is 0 Å². The van der Waals surface area contributed by atoms with Gasteiger partial charge in [0.25, 0.3) is 11.8 Å². The van der Waals surface area contributed by atoms with Crippen LogP contribution in [-0.2, 0) is 19.2 Å². The van der Waals surface area contributed by atoms with Crippen molar-refractivity contribution in [3.05, 3.63) is 42.1 Å². The van der Waals surface area contributed by atoms with Crippen LogP contribution in [0.2, 0.25) is 0 Å². The first-order valence-corrected chi connectivity index (χ1v) is 15.2. The van der Waals surface area contributed by atoms with Crippen molar-refractivity contribution in [2.24, 2.45) is 0 Å². The molecule has 0 spiro atoms. The van der Waals surface area contributed by atoms with Crippen LogP contribution in [0.5, 0.6) is 5.88 Å². The maximum atomic E-state index is 13.4. The van der Waals surface area contributed by atoms with E-state index >= 15 is 0 Å². The van der Waals surface area contributed by atoms with Crippen molar-refractivity contribution < 1.29 is 48.1 Å². The molecule has 1 aromatic heterocycles. The van der Waals surface area contributed by atoms with Crippen LogP contribution in [0.1, 0.15) is 43.1 Å². The highest BCUT2D eigenvalue weighted by Crippen LogP contribution is 2.22. The SMILES string of the molecule is C[C@H]1CN(C(=O)[C@H](CCC(=O)O)NC(=O)c2cc(OCC(=O)N3CCC[C@H]3C(=O)NCCF)n(-c3ccccc3)n2)CCN1C(=O)O. The van der Waals surface area contributed by atoms with Gasteiger partial charge in [-0.3, -0.25) is 24.0 Å². The number of carbonyl (C=O) groups is 6. The monoisotopic (exact) mass is 659 g/mol. The molecule has 3 atom stereocenters. The summed E-state index contributed by atoms with van der Waals surface area (Å²) in [5, 5.41) is 28.0. The van der Waals surface area contributed by atoms with Crippen molar-refractivity contribution in [3.63, 3.8) is 0 Å². The summed E-state index contributed by atoms with van der Waals surface area (Å²) in [6.07, 6.45) is -0.748. The van der Waals surface area contributed by atoms with Crippen LogP contribution in [0.3, 0.4) is 0 Å². The molecule has 2 aliphatic rings. The van der Waals surface area contributed by atoms with Gasteiger partial charge in [0, 0.05) is 51.3 Å². The number of piperazine rings is 1. The third-order valence-electron chi connectivity index (χ3n) is 7.96. The van der Waals surface area contributed by atoms with Crippen molar-refractivity contribution in [1.29, 1.82) is 0 Å². The number of alkyl halides is 1. The van der Waals surface area contributed by atoms with E-state index < -0.39 is 73.5 Å². The molecule has 2 saturated heterocycles. The zero-order valence-corrected chi connectivity index (χ0v) is 25.8. The van der Waals surface area contributed by atoms with Gasteiger partial charge < -0.3 is 40.3 Å². The maximum Gasteiger partial charge on any atom is 0.407 e. The fourth-order valence-corrected chi connectivity index (χ4v) is 5.60. The number of benzene rings is 1. The van der Waals surface area contributed by atoms with Crippen molar-refractivity contribution >= 4 is 35.7 Å². The number of rotatable bonds is 13. The van der Waals surface area contributed by atoms with Gasteiger partial charge in [-0.2, -0.15) is 5.10 Å². The van der Waals surface area contributed by atoms with Gasteiger partial charge >= 0.3 is 12.1 Å². The van der Waals surface area contributed by atoms with E-state index in [1.807, 2.05) is 0 Å². The summed E-state index contributed by atoms with van der Waals surface area (Å²) in [5.74, 6) is -3.47. The first-order chi connectivity index (χ1) is 22.5. The van der Waals surface area contributed by atoms with Gasteiger partial charge in [-0.15, -0.1) is 0 Å². The van der Waals surface area contributed by atoms with Gasteiger partial charge in [-0.25, -0.2) is 13.9 Å². The highest BCUT2D eigenvalue weighted by atomic mass is 19.1. The summed E-state index contributed by atoms with van der Waals surface area (Å²) in [4.78, 5) is 79.2. The molecular formula is C30H38FN7O9. The van der Waals surface area contributed by atoms with Crippen LogP contribution in [0.15, 0.2) is 36.4 Å². The molecule has 0 bridgehead atoms. The van der Waals surface area contributed by atoms with Crippen molar-refractivity contribution in [2.75, 3.05) is 46.0 Å². The summed E-state index contributed by atoms with van der Waals surface area (Å²) >= 11 is 0. The van der Waals surface area contributed by atoms with Crippen LogP contribution in [0.4, 0.5) is 9.18 Å². The summed E-state index contributed by atoms with van der Waals surface area (Å²) in [6, 6.07) is 7.35. The standard InChI is InChI=1S/C30H38FN7O9/c1-19-17-35(14-15-36(19)30(45)46)29(44)21(9-10-26(40)41)33-27(42)22-16-25(38(34-22)20-6-3-2-4-7-20)47-18-24(39)37-13-5-8-23(37)28(43)32-12-11-31/h2-4,6-7,16,19,21,23H,5,8-15,17-18H2,1H3,(H,32,43)(H,33,42)(H,40,41)(H,45,46)/t19-,21-,23-/m0/s1. The van der Waals surface area contributed by atoms with Crippen LogP contribution in [-0.4, -0.2) is 135 Å². The molecule has 0 radical (unpaired) electrons. The molecular weight excluding hydrogens is 621 g/mol. The van der Waals surface area contributed by atoms with E-state index in [0.717, 1.165) is 0 Å². The number of nitrogens with zero attached hydrogens (tertiary/aromatic N) is 5. The average Bonchev–Trinajstić information content (AvgIpc) is 3.72. The number of ether oxygens (including phenoxy) is 1. The molecule has 47 heavy (non-hydrogen) atoms. The van der Waals surface area contributed by atoms with E-state index in [4.69, 9.17) is 4.74 Å². The summed E-state index contributed by atoms with van der Waals surface area (Å²) in [7, 11) is 0. The molecule has 17 heteroatoms. The second-order valence-corrected chi connectivity index (χ2v) is 11.2. The lowest BCUT2D eigenvalue weighted by Crippen LogP contribution is -2.58. The Morgan fingerprint density at radius 1 is 1.06 bits per heavy atom. The topological polar surface area (TPSA) is 204 Å². The highest BCUT2D eigenvalue weighted by molar-refractivity contribution is 5.96. The third kappa shape index (κ3) is 8.74. The predicted molar refractivity (Wildman–Crippen MR) is 162 cm³/mol. The molecule has 2 fully saturated rings. The molecule has 254 valence electrons. The molecule has 5 amide bonds. The maximum absolute atomic E-state index is 13.4. The molecule has 0 aliphatic carbocycles. The largest absolute Gasteiger partial charge is 0.481 e. The van der Waals surface area contributed by atoms with Gasteiger partial charge in [0.05, 0.1) is 5.69 Å². The van der Waals surface area contributed by atoms with Gasteiger partial charge in [-0.05, 0) is 38.3 Å². The minimum Gasteiger partial charge on any atom is -0.481 e. The molecule has 1 aromatic carbocycles. The minimum atomic E-state index is -1.24. The fourth-order valence-electron chi connectivity index (χ4n) is 5.60. The minimum absolute atomic E-state index is 0.0133. The van der Waals surface area contributed by atoms with Gasteiger partial charge in [0.15, 0.2) is 12.3 Å². The second-order valence-electron chi connectivity index (χ2n) is 11.2. The average molecular weight is 660 g/mol. The smallest absolute Gasteiger partial charge is 0.407 e. The number of carbonyl (C=O) groups excluding carboxylic acids is 4. The molecule has 0 unspecified atom stereocenters. The summed E-state index contributed by atoms with van der Waals surface area (Å²) < 4.78 is 19.6. The van der Waals surface area contributed by atoms with Gasteiger partial charge in [0.1, 0.15) is 18.8 Å². The lowest BCUT2D eigenvalue weighted by Gasteiger charge is -2.39. The molecule has 0 saturated carbocycles. The van der Waals surface area contributed by atoms with E-state index in [0.29, 0.717) is 25.1 Å². The lowest BCUT2D eigenvalue weighted by atomic mass is 10.1. The Labute approximate surface area is 269 Å². The van der Waals surface area contributed by atoms with E-state index in [9.17, 15) is 43.4 Å². The number of amides is 5. The summed E-state index contributed by atoms with van der Waals surface area (Å²) in [5.41, 5.74) is 0.306. The van der Waals surface area contributed by atoms with Crippen molar-refractivity contribution in [1.82, 2.24) is 35.1 Å². The summed E-state index contributed by atoms with van der Waals surface area (Å²) in [6.45, 7) is 0.776. The normalized spacial score (nSPS) is 18.4. The quantitative estimate of drug-likeness (QED) is 0.234. The number of aliphatic carboxylic acids is 1. The first-order valence-electron chi connectivity index (χ1n) is 15.2. The van der Waals surface area contributed by atoms with E-state index in [-0.39, 0.29) is 44.2 Å². The number of hydrogen-bond donors (Lipinski definition) is 4. The molecule has 4 rings (SSSR count). The molecule has 2 aromatic rings. The number of aromatic nitrogens is 2. The number of carboxylic acid groups (broad SMARTS) is 2. The Balaban J connectivity index is 1.51. The number of carboxylic acids is 1. The van der Waals surface area contributed by atoms with Crippen LogP contribution >= 0.6 is 0 Å². The Hall–Kier alpha value is -5.22. The van der Waals surface area contributed by atoms with Crippen molar-refractivity contribution in [2.45, 2.75) is 50.7 Å². The van der Waals surface area contributed by atoms with E-state index in [1.165, 1.54) is 25.4 Å². The number of halogens is 1. The number of likely N-dealkylation sites (tertiary alicyclic amines) is 1. The number of para-hydroxylation sites is 1. The first kappa shape index (κ1) is 34.6. The Morgan fingerprint density at radius 3 is 2.47 bits per heavy atom. The predicted octanol–water partition coefficient (Wildman–Crippen LogP) is 0.502. The van der Waals surface area contributed by atoms with Gasteiger partial charge in [0.2, 0.25) is 17.7 Å². The Morgan fingerprint density at radius 2 is 1.81 bits per heavy atom. The third-order valence-corrected chi connectivity index (χ3v) is 7.96. The molecule has 3 heterocycles. The molecule has 2 aliphatic heterocycles.